The molecule has 0 saturated carbocycles. The summed E-state index contributed by atoms with van der Waals surface area (Å²) in [6.07, 6.45) is 2.67. The van der Waals surface area contributed by atoms with E-state index in [1.807, 2.05) is 0 Å². The third kappa shape index (κ3) is 3.54. The number of hydrogen-bond acceptors (Lipinski definition) is 4. The highest BCUT2D eigenvalue weighted by Crippen LogP contribution is 2.20. The molecule has 0 N–H and O–H groups in total. The maximum absolute atomic E-state index is 14.3. The van der Waals surface area contributed by atoms with Gasteiger partial charge in [-0.2, -0.15) is 0 Å². The van der Waals surface area contributed by atoms with E-state index < -0.39 is 22.9 Å². The second kappa shape index (κ2) is 7.56. The second-order valence-corrected chi connectivity index (χ2v) is 6.72. The molecule has 0 radical (unpaired) electrons. The first kappa shape index (κ1) is 18.9. The first-order chi connectivity index (χ1) is 14.0. The minimum atomic E-state index is -0.702. The standard InChI is InChI=1S/C20H13ClF2N4O2/c21-15-2-1-3-16(23)14(15)11-26-18-17(24-8-9-25-18)19(28)27(20(26)29)10-12-4-6-13(22)7-5-12/h1-9H,10-11H2. The number of rotatable bonds is 4. The maximum atomic E-state index is 14.3. The van der Waals surface area contributed by atoms with E-state index in [0.717, 1.165) is 9.13 Å². The van der Waals surface area contributed by atoms with Crippen LogP contribution in [0.15, 0.2) is 64.4 Å². The molecule has 0 fully saturated rings. The quantitative estimate of drug-likeness (QED) is 0.515. The van der Waals surface area contributed by atoms with Crippen LogP contribution in [-0.2, 0) is 13.1 Å². The molecule has 9 heteroatoms. The Kier molecular flexibility index (Phi) is 4.94. The summed E-state index contributed by atoms with van der Waals surface area (Å²) < 4.78 is 29.6. The summed E-state index contributed by atoms with van der Waals surface area (Å²) in [5.41, 5.74) is -0.719. The Morgan fingerprint density at radius 2 is 1.62 bits per heavy atom. The van der Waals surface area contributed by atoms with Crippen LogP contribution in [0.5, 0.6) is 0 Å². The van der Waals surface area contributed by atoms with E-state index in [2.05, 4.69) is 9.97 Å². The van der Waals surface area contributed by atoms with Gasteiger partial charge in [0.2, 0.25) is 0 Å². The van der Waals surface area contributed by atoms with Gasteiger partial charge in [0.25, 0.3) is 5.56 Å². The lowest BCUT2D eigenvalue weighted by atomic mass is 10.2. The van der Waals surface area contributed by atoms with Crippen LogP contribution in [0.4, 0.5) is 8.78 Å². The average Bonchev–Trinajstić information content (AvgIpc) is 2.72. The number of nitrogens with zero attached hydrogens (tertiary/aromatic N) is 4. The van der Waals surface area contributed by atoms with Crippen LogP contribution in [0.25, 0.3) is 11.2 Å². The van der Waals surface area contributed by atoms with E-state index in [-0.39, 0.29) is 34.8 Å². The van der Waals surface area contributed by atoms with Crippen molar-refractivity contribution >= 4 is 22.8 Å². The second-order valence-electron chi connectivity index (χ2n) is 6.32. The molecule has 4 aromatic rings. The topological polar surface area (TPSA) is 69.8 Å². The molecule has 0 saturated heterocycles. The Bertz CT molecular complexity index is 1310. The summed E-state index contributed by atoms with van der Waals surface area (Å²) in [4.78, 5) is 34.1. The van der Waals surface area contributed by atoms with Gasteiger partial charge in [0, 0.05) is 23.0 Å². The molecule has 0 aliphatic heterocycles. The molecule has 146 valence electrons. The van der Waals surface area contributed by atoms with Crippen LogP contribution in [0.2, 0.25) is 5.02 Å². The van der Waals surface area contributed by atoms with Crippen molar-refractivity contribution in [2.75, 3.05) is 0 Å². The fourth-order valence-electron chi connectivity index (χ4n) is 3.03. The molecular weight excluding hydrogens is 402 g/mol. The third-order valence-corrected chi connectivity index (χ3v) is 4.83. The lowest BCUT2D eigenvalue weighted by Gasteiger charge is -2.14. The van der Waals surface area contributed by atoms with Crippen LogP contribution in [-0.4, -0.2) is 19.1 Å². The van der Waals surface area contributed by atoms with E-state index in [1.165, 1.54) is 54.9 Å². The molecule has 0 spiro atoms. The van der Waals surface area contributed by atoms with Gasteiger partial charge < -0.3 is 0 Å². The molecule has 0 amide bonds. The monoisotopic (exact) mass is 414 g/mol. The molecule has 6 nitrogen and oxygen atoms in total. The van der Waals surface area contributed by atoms with Crippen molar-refractivity contribution in [2.24, 2.45) is 0 Å². The number of hydrogen-bond donors (Lipinski definition) is 0. The highest BCUT2D eigenvalue weighted by atomic mass is 35.5. The van der Waals surface area contributed by atoms with Gasteiger partial charge in [0.1, 0.15) is 11.6 Å². The molecule has 2 aromatic carbocycles. The van der Waals surface area contributed by atoms with Crippen molar-refractivity contribution in [3.05, 3.63) is 103 Å². The van der Waals surface area contributed by atoms with Gasteiger partial charge in [-0.25, -0.2) is 23.5 Å². The normalized spacial score (nSPS) is 11.1. The minimum absolute atomic E-state index is 0.0252. The summed E-state index contributed by atoms with van der Waals surface area (Å²) in [5, 5.41) is 0.144. The molecule has 2 aromatic heterocycles. The highest BCUT2D eigenvalue weighted by Gasteiger charge is 2.18. The van der Waals surface area contributed by atoms with Crippen LogP contribution >= 0.6 is 11.6 Å². The number of halogens is 3. The van der Waals surface area contributed by atoms with E-state index in [9.17, 15) is 18.4 Å². The minimum Gasteiger partial charge on any atom is -0.271 e. The molecule has 0 atom stereocenters. The van der Waals surface area contributed by atoms with E-state index in [1.54, 1.807) is 0 Å². The van der Waals surface area contributed by atoms with Crippen molar-refractivity contribution in [3.8, 4) is 0 Å². The van der Waals surface area contributed by atoms with Gasteiger partial charge in [-0.1, -0.05) is 29.8 Å². The highest BCUT2D eigenvalue weighted by molar-refractivity contribution is 6.31. The lowest BCUT2D eigenvalue weighted by Crippen LogP contribution is -2.41. The van der Waals surface area contributed by atoms with Crippen LogP contribution in [0, 0.1) is 11.6 Å². The molecule has 4 rings (SSSR count). The summed E-state index contributed by atoms with van der Waals surface area (Å²) in [6, 6.07) is 9.61. The average molecular weight is 415 g/mol. The van der Waals surface area contributed by atoms with E-state index in [4.69, 9.17) is 11.6 Å². The zero-order valence-electron chi connectivity index (χ0n) is 14.8. The maximum Gasteiger partial charge on any atom is 0.333 e. The fraction of sp³-hybridized carbons (Fsp3) is 0.100. The first-order valence-electron chi connectivity index (χ1n) is 8.57. The number of benzene rings is 2. The largest absolute Gasteiger partial charge is 0.333 e. The van der Waals surface area contributed by atoms with Gasteiger partial charge in [0.05, 0.1) is 13.1 Å². The van der Waals surface area contributed by atoms with Gasteiger partial charge in [0.15, 0.2) is 11.2 Å². The number of aromatic nitrogens is 4. The molecule has 29 heavy (non-hydrogen) atoms. The molecule has 0 aliphatic carbocycles. The fourth-order valence-corrected chi connectivity index (χ4v) is 3.25. The summed E-state index contributed by atoms with van der Waals surface area (Å²) in [5.74, 6) is -1.02. The Balaban J connectivity index is 1.93. The zero-order chi connectivity index (χ0) is 20.5. The van der Waals surface area contributed by atoms with Crippen molar-refractivity contribution in [1.82, 2.24) is 19.1 Å². The van der Waals surface area contributed by atoms with Gasteiger partial charge in [-0.05, 0) is 29.8 Å². The Labute approximate surface area is 167 Å². The lowest BCUT2D eigenvalue weighted by molar-refractivity contribution is 0.581. The van der Waals surface area contributed by atoms with Gasteiger partial charge in [-0.15, -0.1) is 0 Å². The molecule has 0 unspecified atom stereocenters. The number of fused-ring (bicyclic) bond motifs is 1. The zero-order valence-corrected chi connectivity index (χ0v) is 15.6. The Morgan fingerprint density at radius 3 is 2.34 bits per heavy atom. The summed E-state index contributed by atoms with van der Waals surface area (Å²) in [6.45, 7) is -0.335. The van der Waals surface area contributed by atoms with Gasteiger partial charge in [-0.3, -0.25) is 13.9 Å². The van der Waals surface area contributed by atoms with Crippen molar-refractivity contribution in [2.45, 2.75) is 13.1 Å². The first-order valence-corrected chi connectivity index (χ1v) is 8.95. The van der Waals surface area contributed by atoms with Crippen LogP contribution < -0.4 is 11.2 Å². The van der Waals surface area contributed by atoms with Crippen LogP contribution in [0.3, 0.4) is 0 Å². The van der Waals surface area contributed by atoms with E-state index >= 15 is 0 Å². The third-order valence-electron chi connectivity index (χ3n) is 4.48. The van der Waals surface area contributed by atoms with Crippen molar-refractivity contribution < 1.29 is 8.78 Å². The van der Waals surface area contributed by atoms with Crippen LogP contribution in [0.1, 0.15) is 11.1 Å². The molecule has 2 heterocycles. The van der Waals surface area contributed by atoms with Crippen molar-refractivity contribution in [3.63, 3.8) is 0 Å². The molecule has 0 bridgehead atoms. The Morgan fingerprint density at radius 1 is 0.897 bits per heavy atom. The molecule has 0 aliphatic rings. The smallest absolute Gasteiger partial charge is 0.271 e. The Hall–Kier alpha value is -3.39. The van der Waals surface area contributed by atoms with Gasteiger partial charge >= 0.3 is 5.69 Å². The predicted molar refractivity (Wildman–Crippen MR) is 104 cm³/mol. The SMILES string of the molecule is O=c1c2nccnc2n(Cc2c(F)cccc2Cl)c(=O)n1Cc1ccc(F)cc1. The predicted octanol–water partition coefficient (Wildman–Crippen LogP) is 2.98. The van der Waals surface area contributed by atoms with E-state index in [0.29, 0.717) is 5.56 Å². The summed E-state index contributed by atoms with van der Waals surface area (Å²) in [7, 11) is 0. The van der Waals surface area contributed by atoms with Crippen molar-refractivity contribution in [1.29, 1.82) is 0 Å². The summed E-state index contributed by atoms with van der Waals surface area (Å²) >= 11 is 6.10. The molecular formula is C20H13ClF2N4O2.